The first-order valence-corrected chi connectivity index (χ1v) is 6.41. The molecule has 1 N–H and O–H groups in total. The Morgan fingerprint density at radius 2 is 1.60 bits per heavy atom. The van der Waals surface area contributed by atoms with Crippen LogP contribution in [0.3, 0.4) is 0 Å². The quantitative estimate of drug-likeness (QED) is 0.677. The summed E-state index contributed by atoms with van der Waals surface area (Å²) >= 11 is 0. The topological polar surface area (TPSA) is 70.0 Å². The van der Waals surface area contributed by atoms with Crippen molar-refractivity contribution in [3.8, 4) is 0 Å². The van der Waals surface area contributed by atoms with E-state index in [1.165, 1.54) is 0 Å². The van der Waals surface area contributed by atoms with Crippen LogP contribution in [0.5, 0.6) is 0 Å². The van der Waals surface area contributed by atoms with Crippen molar-refractivity contribution in [3.05, 3.63) is 35.9 Å². The predicted molar refractivity (Wildman–Crippen MR) is 75.0 cm³/mol. The van der Waals surface area contributed by atoms with Crippen molar-refractivity contribution < 1.29 is 14.8 Å². The van der Waals surface area contributed by atoms with Gasteiger partial charge in [0, 0.05) is 5.56 Å². The van der Waals surface area contributed by atoms with Gasteiger partial charge >= 0.3 is 0 Å². The Morgan fingerprint density at radius 1 is 1.05 bits per heavy atom. The SMILES string of the molecule is CC1(C)N=C(C(=O)C(=O)c2ccccc2)C(C)(C)N1O. The zero-order valence-electron chi connectivity index (χ0n) is 12.0. The van der Waals surface area contributed by atoms with Crippen LogP contribution in [-0.4, -0.2) is 38.8 Å². The normalized spacial score (nSPS) is 20.6. The van der Waals surface area contributed by atoms with Gasteiger partial charge < -0.3 is 5.21 Å². The molecule has 0 bridgehead atoms. The lowest BCUT2D eigenvalue weighted by molar-refractivity contribution is -0.188. The Bertz CT molecular complexity index is 588. The fourth-order valence-corrected chi connectivity index (χ4v) is 2.40. The molecule has 0 atom stereocenters. The summed E-state index contributed by atoms with van der Waals surface area (Å²) in [5.41, 5.74) is -1.51. The molecule has 1 heterocycles. The molecule has 0 aliphatic carbocycles. The van der Waals surface area contributed by atoms with Crippen LogP contribution in [0.25, 0.3) is 0 Å². The number of aliphatic imine (C=N–C) groups is 1. The monoisotopic (exact) mass is 274 g/mol. The maximum atomic E-state index is 12.4. The number of rotatable bonds is 3. The van der Waals surface area contributed by atoms with E-state index in [1.54, 1.807) is 58.0 Å². The highest BCUT2D eigenvalue weighted by Crippen LogP contribution is 2.33. The number of ketones is 2. The largest absolute Gasteiger partial charge is 0.311 e. The van der Waals surface area contributed by atoms with Crippen molar-refractivity contribution >= 4 is 17.3 Å². The molecule has 0 spiro atoms. The number of nitrogens with zero attached hydrogens (tertiary/aromatic N) is 2. The van der Waals surface area contributed by atoms with Crippen LogP contribution in [-0.2, 0) is 4.79 Å². The first-order chi connectivity index (χ1) is 9.18. The molecule has 0 amide bonds. The van der Waals surface area contributed by atoms with Crippen molar-refractivity contribution in [1.82, 2.24) is 5.06 Å². The van der Waals surface area contributed by atoms with Crippen molar-refractivity contribution in [3.63, 3.8) is 0 Å². The van der Waals surface area contributed by atoms with Gasteiger partial charge in [0.1, 0.15) is 11.4 Å². The van der Waals surface area contributed by atoms with E-state index in [9.17, 15) is 14.8 Å². The molecular formula is C15H18N2O3. The molecule has 0 unspecified atom stereocenters. The van der Waals surface area contributed by atoms with Crippen molar-refractivity contribution in [2.24, 2.45) is 4.99 Å². The maximum absolute atomic E-state index is 12.4. The highest BCUT2D eigenvalue weighted by molar-refractivity contribution is 6.69. The number of Topliss-reactive ketones (excluding diaryl/α,β-unsaturated/α-hetero) is 2. The zero-order chi connectivity index (χ0) is 15.1. The predicted octanol–water partition coefficient (Wildman–Crippen LogP) is 2.10. The van der Waals surface area contributed by atoms with Crippen LogP contribution >= 0.6 is 0 Å². The summed E-state index contributed by atoms with van der Waals surface area (Å²) in [5.74, 6) is -1.28. The van der Waals surface area contributed by atoms with Gasteiger partial charge in [-0.15, -0.1) is 0 Å². The summed E-state index contributed by atoms with van der Waals surface area (Å²) in [5, 5.41) is 11.1. The second-order valence-corrected chi connectivity index (χ2v) is 5.85. The third-order valence-corrected chi connectivity index (χ3v) is 3.47. The van der Waals surface area contributed by atoms with E-state index in [0.29, 0.717) is 5.56 Å². The molecule has 0 aromatic heterocycles. The average Bonchev–Trinajstić information content (AvgIpc) is 2.58. The zero-order valence-corrected chi connectivity index (χ0v) is 12.0. The van der Waals surface area contributed by atoms with Crippen molar-refractivity contribution in [2.45, 2.75) is 38.9 Å². The third-order valence-electron chi connectivity index (χ3n) is 3.47. The first kappa shape index (κ1) is 14.6. The molecular weight excluding hydrogens is 256 g/mol. The average molecular weight is 274 g/mol. The minimum absolute atomic E-state index is 0.0823. The standard InChI is InChI=1S/C15H18N2O3/c1-14(2)13(16-15(3,4)17(14)20)12(19)11(18)10-8-6-5-7-9-10/h5-9,20H,1-4H3. The maximum Gasteiger partial charge on any atom is 0.249 e. The fraction of sp³-hybridized carbons (Fsp3) is 0.400. The van der Waals surface area contributed by atoms with Crippen LogP contribution in [0.1, 0.15) is 38.1 Å². The third kappa shape index (κ3) is 2.19. The van der Waals surface area contributed by atoms with Crippen LogP contribution in [0, 0.1) is 0 Å². The highest BCUT2D eigenvalue weighted by atomic mass is 16.5. The second kappa shape index (κ2) is 4.61. The number of hydrogen-bond acceptors (Lipinski definition) is 5. The Labute approximate surface area is 117 Å². The summed E-state index contributed by atoms with van der Waals surface area (Å²) < 4.78 is 0. The molecule has 1 aliphatic rings. The van der Waals surface area contributed by atoms with Gasteiger partial charge in [0.2, 0.25) is 11.6 Å². The van der Waals surface area contributed by atoms with Crippen LogP contribution in [0.2, 0.25) is 0 Å². The van der Waals surface area contributed by atoms with E-state index < -0.39 is 22.8 Å². The van der Waals surface area contributed by atoms with E-state index in [0.717, 1.165) is 5.06 Å². The van der Waals surface area contributed by atoms with E-state index >= 15 is 0 Å². The van der Waals surface area contributed by atoms with E-state index in [2.05, 4.69) is 4.99 Å². The van der Waals surface area contributed by atoms with Gasteiger partial charge in [0.25, 0.3) is 0 Å². The molecule has 0 fully saturated rings. The van der Waals surface area contributed by atoms with Crippen molar-refractivity contribution in [2.75, 3.05) is 0 Å². The number of hydrogen-bond donors (Lipinski definition) is 1. The van der Waals surface area contributed by atoms with Crippen LogP contribution in [0.4, 0.5) is 0 Å². The molecule has 20 heavy (non-hydrogen) atoms. The summed E-state index contributed by atoms with van der Waals surface area (Å²) in [6.45, 7) is 6.69. The van der Waals surface area contributed by atoms with E-state index in [-0.39, 0.29) is 5.71 Å². The lowest BCUT2D eigenvalue weighted by Gasteiger charge is -2.33. The molecule has 1 aliphatic heterocycles. The molecule has 5 nitrogen and oxygen atoms in total. The lowest BCUT2D eigenvalue weighted by atomic mass is 9.91. The van der Waals surface area contributed by atoms with Gasteiger partial charge in [-0.2, -0.15) is 5.06 Å². The number of benzene rings is 1. The van der Waals surface area contributed by atoms with Crippen molar-refractivity contribution in [1.29, 1.82) is 0 Å². The minimum Gasteiger partial charge on any atom is -0.311 e. The molecule has 1 aromatic rings. The van der Waals surface area contributed by atoms with Gasteiger partial charge in [-0.1, -0.05) is 30.3 Å². The number of carbonyl (C=O) groups is 2. The summed E-state index contributed by atoms with van der Waals surface area (Å²) in [4.78, 5) is 28.8. The highest BCUT2D eigenvalue weighted by Gasteiger charge is 2.50. The van der Waals surface area contributed by atoms with E-state index in [4.69, 9.17) is 0 Å². The molecule has 0 saturated heterocycles. The molecule has 1 aromatic carbocycles. The van der Waals surface area contributed by atoms with Gasteiger partial charge in [-0.3, -0.25) is 14.6 Å². The first-order valence-electron chi connectivity index (χ1n) is 6.41. The molecule has 2 rings (SSSR count). The van der Waals surface area contributed by atoms with Crippen LogP contribution < -0.4 is 0 Å². The molecule has 106 valence electrons. The van der Waals surface area contributed by atoms with Gasteiger partial charge in [0.05, 0.1) is 5.54 Å². The molecule has 0 saturated carbocycles. The molecule has 5 heteroatoms. The van der Waals surface area contributed by atoms with E-state index in [1.807, 2.05) is 0 Å². The smallest absolute Gasteiger partial charge is 0.249 e. The number of hydroxylamine groups is 2. The molecule has 0 radical (unpaired) electrons. The second-order valence-electron chi connectivity index (χ2n) is 5.85. The summed E-state index contributed by atoms with van der Waals surface area (Å²) in [6.07, 6.45) is 0. The van der Waals surface area contributed by atoms with Crippen LogP contribution in [0.15, 0.2) is 35.3 Å². The van der Waals surface area contributed by atoms with Gasteiger partial charge in [-0.05, 0) is 27.7 Å². The van der Waals surface area contributed by atoms with Gasteiger partial charge in [-0.25, -0.2) is 0 Å². The Balaban J connectivity index is 2.37. The Hall–Kier alpha value is -1.85. The minimum atomic E-state index is -0.995. The van der Waals surface area contributed by atoms with Gasteiger partial charge in [0.15, 0.2) is 0 Å². The summed E-state index contributed by atoms with van der Waals surface area (Å²) in [6, 6.07) is 8.35. The fourth-order valence-electron chi connectivity index (χ4n) is 2.40. The number of carbonyl (C=O) groups excluding carboxylic acids is 2. The Kier molecular flexibility index (Phi) is 3.36. The summed E-state index contributed by atoms with van der Waals surface area (Å²) in [7, 11) is 0. The lowest BCUT2D eigenvalue weighted by Crippen LogP contribution is -2.52. The Morgan fingerprint density at radius 3 is 2.05 bits per heavy atom.